The largest absolute Gasteiger partial charge is 0.355 e. The number of piperazine rings is 1. The number of rotatable bonds is 5. The fourth-order valence-corrected chi connectivity index (χ4v) is 1.91. The topological polar surface area (TPSA) is 59.4 Å². The van der Waals surface area contributed by atoms with Crippen molar-refractivity contribution in [2.24, 2.45) is 0 Å². The first-order valence-electron chi connectivity index (χ1n) is 6.30. The molecule has 0 saturated carbocycles. The quantitative estimate of drug-likeness (QED) is 0.735. The Bertz CT molecular complexity index is 279. The van der Waals surface area contributed by atoms with E-state index in [9.17, 15) is 4.79 Å². The van der Waals surface area contributed by atoms with Gasteiger partial charge in [0.05, 0.1) is 18.7 Å². The highest BCUT2D eigenvalue weighted by Gasteiger charge is 2.21. The molecule has 17 heavy (non-hydrogen) atoms. The van der Waals surface area contributed by atoms with Crippen LogP contribution in [0.1, 0.15) is 20.3 Å². The minimum atomic E-state index is -0.0222. The molecule has 0 spiro atoms. The van der Waals surface area contributed by atoms with E-state index in [1.54, 1.807) is 0 Å². The van der Waals surface area contributed by atoms with Gasteiger partial charge in [-0.25, -0.2) is 0 Å². The third-order valence-electron chi connectivity index (χ3n) is 3.08. The monoisotopic (exact) mass is 238 g/mol. The molecule has 5 nitrogen and oxygen atoms in total. The number of hydrogen-bond acceptors (Lipinski definition) is 4. The lowest BCUT2D eigenvalue weighted by Crippen LogP contribution is -2.51. The van der Waals surface area contributed by atoms with E-state index in [0.29, 0.717) is 6.54 Å². The molecule has 0 bridgehead atoms. The lowest BCUT2D eigenvalue weighted by atomic mass is 10.2. The van der Waals surface area contributed by atoms with E-state index < -0.39 is 0 Å². The Morgan fingerprint density at radius 3 is 2.59 bits per heavy atom. The van der Waals surface area contributed by atoms with Gasteiger partial charge in [-0.3, -0.25) is 14.6 Å². The number of nitrogens with zero attached hydrogens (tertiary/aromatic N) is 3. The number of nitrogens with one attached hydrogen (secondary N) is 1. The van der Waals surface area contributed by atoms with Gasteiger partial charge in [0, 0.05) is 32.7 Å². The lowest BCUT2D eigenvalue weighted by molar-refractivity contribution is -0.122. The van der Waals surface area contributed by atoms with E-state index in [1.165, 1.54) is 0 Å². The molecule has 0 aliphatic carbocycles. The number of hydrogen-bond donors (Lipinski definition) is 1. The van der Waals surface area contributed by atoms with E-state index in [4.69, 9.17) is 5.26 Å². The van der Waals surface area contributed by atoms with Crippen molar-refractivity contribution in [1.29, 1.82) is 5.26 Å². The molecule has 1 rings (SSSR count). The zero-order valence-electron chi connectivity index (χ0n) is 10.8. The number of amides is 1. The standard InChI is InChI=1S/C12H22N4O/c1-3-4-14-12(17)10-15-5-7-16(8-6-15)11(2)9-13/h11H,3-8,10H2,1-2H3,(H,14,17). The van der Waals surface area contributed by atoms with Crippen LogP contribution in [0.25, 0.3) is 0 Å². The molecule has 1 amide bonds. The van der Waals surface area contributed by atoms with Crippen molar-refractivity contribution in [3.05, 3.63) is 0 Å². The molecule has 1 unspecified atom stereocenters. The van der Waals surface area contributed by atoms with Crippen LogP contribution in [0.4, 0.5) is 0 Å². The highest BCUT2D eigenvalue weighted by molar-refractivity contribution is 5.77. The average Bonchev–Trinajstić information content (AvgIpc) is 2.36. The summed E-state index contributed by atoms with van der Waals surface area (Å²) in [6.07, 6.45) is 0.971. The van der Waals surface area contributed by atoms with Gasteiger partial charge in [-0.2, -0.15) is 5.26 Å². The molecule has 0 aromatic heterocycles. The van der Waals surface area contributed by atoms with E-state index in [-0.39, 0.29) is 11.9 Å². The van der Waals surface area contributed by atoms with Crippen LogP contribution in [0.3, 0.4) is 0 Å². The van der Waals surface area contributed by atoms with Crippen molar-refractivity contribution in [2.75, 3.05) is 39.3 Å². The van der Waals surface area contributed by atoms with Gasteiger partial charge in [0.25, 0.3) is 0 Å². The minimum absolute atomic E-state index is 0.0222. The van der Waals surface area contributed by atoms with Crippen LogP contribution in [0.15, 0.2) is 0 Å². The molecule has 1 aliphatic heterocycles. The Morgan fingerprint density at radius 2 is 2.06 bits per heavy atom. The number of carbonyl (C=O) groups excluding carboxylic acids is 1. The molecule has 5 heteroatoms. The maximum atomic E-state index is 11.5. The molecular weight excluding hydrogens is 216 g/mol. The molecule has 0 radical (unpaired) electrons. The molecule has 1 fully saturated rings. The summed E-state index contributed by atoms with van der Waals surface area (Å²) >= 11 is 0. The van der Waals surface area contributed by atoms with Crippen molar-refractivity contribution in [1.82, 2.24) is 15.1 Å². The summed E-state index contributed by atoms with van der Waals surface area (Å²) in [7, 11) is 0. The normalized spacial score (nSPS) is 19.6. The second kappa shape index (κ2) is 7.25. The Kier molecular flexibility index (Phi) is 5.95. The van der Waals surface area contributed by atoms with Crippen LogP contribution >= 0.6 is 0 Å². The van der Waals surface area contributed by atoms with Crippen molar-refractivity contribution in [2.45, 2.75) is 26.3 Å². The minimum Gasteiger partial charge on any atom is -0.355 e. The van der Waals surface area contributed by atoms with E-state index >= 15 is 0 Å². The second-order valence-electron chi connectivity index (χ2n) is 4.47. The van der Waals surface area contributed by atoms with Gasteiger partial charge in [0.15, 0.2) is 0 Å². The highest BCUT2D eigenvalue weighted by atomic mass is 16.2. The van der Waals surface area contributed by atoms with Crippen molar-refractivity contribution in [3.8, 4) is 6.07 Å². The van der Waals surface area contributed by atoms with Gasteiger partial charge in [-0.15, -0.1) is 0 Å². The predicted octanol–water partition coefficient (Wildman–Crippen LogP) is 0.0423. The predicted molar refractivity (Wildman–Crippen MR) is 66.4 cm³/mol. The molecule has 1 heterocycles. The number of nitriles is 1. The zero-order chi connectivity index (χ0) is 12.7. The molecule has 0 aromatic carbocycles. The molecule has 0 aromatic rings. The molecule has 1 saturated heterocycles. The second-order valence-corrected chi connectivity index (χ2v) is 4.47. The maximum Gasteiger partial charge on any atom is 0.234 e. The van der Waals surface area contributed by atoms with Crippen LogP contribution in [-0.2, 0) is 4.79 Å². The Morgan fingerprint density at radius 1 is 1.41 bits per heavy atom. The van der Waals surface area contributed by atoms with Crippen LogP contribution in [0.5, 0.6) is 0 Å². The molecular formula is C12H22N4O. The van der Waals surface area contributed by atoms with Crippen LogP contribution in [0.2, 0.25) is 0 Å². The highest BCUT2D eigenvalue weighted by Crippen LogP contribution is 2.05. The Labute approximate surface area is 103 Å². The summed E-state index contributed by atoms with van der Waals surface area (Å²) in [6, 6.07) is 2.22. The molecule has 96 valence electrons. The Balaban J connectivity index is 2.23. The summed E-state index contributed by atoms with van der Waals surface area (Å²) in [5.74, 6) is 0.105. The van der Waals surface area contributed by atoms with E-state index in [0.717, 1.165) is 39.1 Å². The molecule has 1 aliphatic rings. The first kappa shape index (κ1) is 13.9. The van der Waals surface area contributed by atoms with Crippen LogP contribution in [0, 0.1) is 11.3 Å². The van der Waals surface area contributed by atoms with Gasteiger partial charge in [0.1, 0.15) is 0 Å². The van der Waals surface area contributed by atoms with Gasteiger partial charge >= 0.3 is 0 Å². The lowest BCUT2D eigenvalue weighted by Gasteiger charge is -2.35. The Hall–Kier alpha value is -1.12. The third kappa shape index (κ3) is 4.72. The van der Waals surface area contributed by atoms with Gasteiger partial charge in [-0.05, 0) is 13.3 Å². The maximum absolute atomic E-state index is 11.5. The summed E-state index contributed by atoms with van der Waals surface area (Å²) in [6.45, 7) is 8.67. The average molecular weight is 238 g/mol. The summed E-state index contributed by atoms with van der Waals surface area (Å²) in [4.78, 5) is 15.8. The fraction of sp³-hybridized carbons (Fsp3) is 0.833. The van der Waals surface area contributed by atoms with Crippen LogP contribution in [-0.4, -0.2) is 61.0 Å². The third-order valence-corrected chi connectivity index (χ3v) is 3.08. The van der Waals surface area contributed by atoms with Crippen LogP contribution < -0.4 is 5.32 Å². The van der Waals surface area contributed by atoms with Gasteiger partial charge < -0.3 is 5.32 Å². The summed E-state index contributed by atoms with van der Waals surface area (Å²) < 4.78 is 0. The first-order chi connectivity index (χ1) is 8.17. The smallest absolute Gasteiger partial charge is 0.234 e. The SMILES string of the molecule is CCCNC(=O)CN1CCN(C(C)C#N)CC1. The summed E-state index contributed by atoms with van der Waals surface area (Å²) in [5, 5.41) is 11.7. The first-order valence-corrected chi connectivity index (χ1v) is 6.30. The van der Waals surface area contributed by atoms with Crippen molar-refractivity contribution in [3.63, 3.8) is 0 Å². The van der Waals surface area contributed by atoms with Gasteiger partial charge in [-0.1, -0.05) is 6.92 Å². The zero-order valence-corrected chi connectivity index (χ0v) is 10.8. The van der Waals surface area contributed by atoms with Crippen molar-refractivity contribution >= 4 is 5.91 Å². The van der Waals surface area contributed by atoms with E-state index in [2.05, 4.69) is 21.2 Å². The fourth-order valence-electron chi connectivity index (χ4n) is 1.91. The van der Waals surface area contributed by atoms with Crippen molar-refractivity contribution < 1.29 is 4.79 Å². The molecule has 1 atom stereocenters. The molecule has 1 N–H and O–H groups in total. The summed E-state index contributed by atoms with van der Waals surface area (Å²) in [5.41, 5.74) is 0. The number of carbonyl (C=O) groups is 1. The van der Waals surface area contributed by atoms with Gasteiger partial charge in [0.2, 0.25) is 5.91 Å². The van der Waals surface area contributed by atoms with E-state index in [1.807, 2.05) is 13.8 Å².